The molecule has 9 heteroatoms. The lowest BCUT2D eigenvalue weighted by Gasteiger charge is -2.20. The van der Waals surface area contributed by atoms with Crippen molar-refractivity contribution >= 4 is 33.7 Å². The predicted molar refractivity (Wildman–Crippen MR) is 156 cm³/mol. The number of fused-ring (bicyclic) bond motifs is 1. The van der Waals surface area contributed by atoms with Gasteiger partial charge in [-0.2, -0.15) is 0 Å². The number of hydrogen-bond acceptors (Lipinski definition) is 5. The number of aliphatic carboxylic acids is 1. The molecular weight excluding hydrogens is 524 g/mol. The summed E-state index contributed by atoms with van der Waals surface area (Å²) in [5.41, 5.74) is 1.54. The fourth-order valence-corrected chi connectivity index (χ4v) is 5.93. The van der Waals surface area contributed by atoms with E-state index in [0.29, 0.717) is 40.5 Å². The Kier molecular flexibility index (Phi) is 15.1. The van der Waals surface area contributed by atoms with Gasteiger partial charge in [0.15, 0.2) is 0 Å². The maximum Gasteiger partial charge on any atom is 0.303 e. The quantitative estimate of drug-likeness (QED) is 0.223. The van der Waals surface area contributed by atoms with Gasteiger partial charge in [0.05, 0.1) is 17.0 Å². The molecule has 0 aliphatic heterocycles. The summed E-state index contributed by atoms with van der Waals surface area (Å²) in [5, 5.41) is 7.91. The van der Waals surface area contributed by atoms with Crippen molar-refractivity contribution < 1.29 is 23.1 Å². The van der Waals surface area contributed by atoms with E-state index in [-0.39, 0.29) is 12.4 Å². The Hall–Kier alpha value is -2.55. The van der Waals surface area contributed by atoms with E-state index in [4.69, 9.17) is 9.84 Å². The molecule has 0 spiro atoms. The molecule has 1 aromatic carbocycles. The first-order chi connectivity index (χ1) is 17.8. The maximum absolute atomic E-state index is 13.4. The van der Waals surface area contributed by atoms with Gasteiger partial charge in [-0.05, 0) is 87.2 Å². The number of nitrogens with zero attached hydrogens (tertiary/aromatic N) is 2. The summed E-state index contributed by atoms with van der Waals surface area (Å²) in [6, 6.07) is 12.4. The molecule has 2 heterocycles. The molecule has 2 aromatic heterocycles. The Balaban J connectivity index is 0.000000925. The molecule has 0 saturated carbocycles. The number of carbonyl (C=O) groups is 1. The van der Waals surface area contributed by atoms with Crippen LogP contribution in [0.3, 0.4) is 0 Å². The number of aryl methyl sites for hydroxylation is 1. The Bertz CT molecular complexity index is 1200. The van der Waals surface area contributed by atoms with Crippen LogP contribution in [0, 0.1) is 0 Å². The average molecular weight is 567 g/mol. The molecule has 0 amide bonds. The summed E-state index contributed by atoms with van der Waals surface area (Å²) in [4.78, 5) is 12.8. The largest absolute Gasteiger partial charge is 0.494 e. The normalized spacial score (nSPS) is 11.1. The number of pyridine rings is 1. The summed E-state index contributed by atoms with van der Waals surface area (Å²) < 4.78 is 34.5. The zero-order valence-electron chi connectivity index (χ0n) is 23.1. The molecule has 0 aliphatic rings. The molecule has 7 nitrogen and oxygen atoms in total. The lowest BCUT2D eigenvalue weighted by Crippen LogP contribution is -2.27. The van der Waals surface area contributed by atoms with Crippen LogP contribution in [-0.2, 0) is 21.1 Å². The van der Waals surface area contributed by atoms with Gasteiger partial charge < -0.3 is 19.1 Å². The van der Waals surface area contributed by atoms with Gasteiger partial charge in [0.1, 0.15) is 10.6 Å². The van der Waals surface area contributed by atoms with Gasteiger partial charge in [-0.25, -0.2) is 8.42 Å². The average Bonchev–Trinajstić information content (AvgIpc) is 3.27. The van der Waals surface area contributed by atoms with E-state index in [9.17, 15) is 13.2 Å². The van der Waals surface area contributed by atoms with Crippen LogP contribution in [-0.4, -0.2) is 55.0 Å². The molecule has 212 valence electrons. The van der Waals surface area contributed by atoms with Gasteiger partial charge in [0.2, 0.25) is 9.84 Å². The zero-order valence-corrected chi connectivity index (χ0v) is 24.7. The van der Waals surface area contributed by atoms with Gasteiger partial charge in [-0.3, -0.25) is 4.79 Å². The van der Waals surface area contributed by atoms with E-state index in [0.717, 1.165) is 50.9 Å². The Morgan fingerprint density at radius 2 is 1.61 bits per heavy atom. The summed E-state index contributed by atoms with van der Waals surface area (Å²) in [5.74, 6) is -0.00793. The summed E-state index contributed by atoms with van der Waals surface area (Å²) in [7, 11) is -3.61. The minimum atomic E-state index is -3.61. The second-order valence-electron chi connectivity index (χ2n) is 8.99. The number of benzene rings is 1. The van der Waals surface area contributed by atoms with Gasteiger partial charge in [0, 0.05) is 25.4 Å². The molecule has 0 unspecified atom stereocenters. The number of halogens is 1. The summed E-state index contributed by atoms with van der Waals surface area (Å²) >= 11 is 0. The van der Waals surface area contributed by atoms with Gasteiger partial charge >= 0.3 is 5.97 Å². The number of carboxylic acids is 1. The fourth-order valence-electron chi connectivity index (χ4n) is 4.21. The highest BCUT2D eigenvalue weighted by molar-refractivity contribution is 7.91. The highest BCUT2D eigenvalue weighted by Gasteiger charge is 2.25. The molecule has 0 atom stereocenters. The van der Waals surface area contributed by atoms with Crippen molar-refractivity contribution in [3.05, 3.63) is 60.4 Å². The summed E-state index contributed by atoms with van der Waals surface area (Å²) in [6.45, 7) is 12.1. The van der Waals surface area contributed by atoms with Crippen molar-refractivity contribution in [2.75, 3.05) is 26.2 Å². The van der Waals surface area contributed by atoms with E-state index in [1.54, 1.807) is 24.3 Å². The molecular formula is C29H43ClN2O5S. The Morgan fingerprint density at radius 3 is 2.13 bits per heavy atom. The first-order valence-electron chi connectivity index (χ1n) is 13.3. The van der Waals surface area contributed by atoms with Crippen LogP contribution < -0.4 is 4.74 Å². The van der Waals surface area contributed by atoms with Crippen LogP contribution in [0.15, 0.2) is 64.6 Å². The van der Waals surface area contributed by atoms with Crippen molar-refractivity contribution in [1.29, 1.82) is 0 Å². The molecule has 3 aromatic rings. The number of ether oxygens (including phenoxy) is 1. The third kappa shape index (κ3) is 9.64. The molecule has 3 rings (SSSR count). The number of hydrogen-bond donors (Lipinski definition) is 1. The zero-order chi connectivity index (χ0) is 27.3. The minimum absolute atomic E-state index is 0. The lowest BCUT2D eigenvalue weighted by atomic mass is 10.2. The number of carboxylic acid groups (broad SMARTS) is 1. The highest BCUT2D eigenvalue weighted by Crippen LogP contribution is 2.31. The van der Waals surface area contributed by atoms with Crippen molar-refractivity contribution in [2.45, 2.75) is 76.0 Å². The van der Waals surface area contributed by atoms with E-state index in [2.05, 4.69) is 18.7 Å². The maximum atomic E-state index is 13.4. The van der Waals surface area contributed by atoms with Gasteiger partial charge in [-0.15, -0.1) is 12.4 Å². The molecule has 0 bridgehead atoms. The molecule has 0 fully saturated rings. The van der Waals surface area contributed by atoms with Gasteiger partial charge in [0.25, 0.3) is 0 Å². The molecule has 0 saturated heterocycles. The highest BCUT2D eigenvalue weighted by atomic mass is 35.5. The second-order valence-corrected chi connectivity index (χ2v) is 10.9. The van der Waals surface area contributed by atoms with Crippen LogP contribution in [0.25, 0.3) is 5.52 Å². The number of rotatable bonds is 14. The fraction of sp³-hybridized carbons (Fsp3) is 0.483. The SMILES string of the molecule is CCCC(=O)O.CCCN(CCC)CCCOc1ccc(S(=O)(=O)c2c(CC)cn3ccccc23)cc1.Cl. The van der Waals surface area contributed by atoms with E-state index in [1.807, 2.05) is 48.8 Å². The minimum Gasteiger partial charge on any atom is -0.494 e. The number of sulfone groups is 1. The van der Waals surface area contributed by atoms with Crippen LogP contribution in [0.2, 0.25) is 0 Å². The Morgan fingerprint density at radius 1 is 0.947 bits per heavy atom. The third-order valence-corrected chi connectivity index (χ3v) is 7.83. The first kappa shape index (κ1) is 33.5. The second kappa shape index (κ2) is 17.1. The summed E-state index contributed by atoms with van der Waals surface area (Å²) in [6.07, 6.45) is 8.74. The van der Waals surface area contributed by atoms with Crippen LogP contribution >= 0.6 is 12.4 Å². The van der Waals surface area contributed by atoms with Crippen molar-refractivity contribution in [2.24, 2.45) is 0 Å². The monoisotopic (exact) mass is 566 g/mol. The van der Waals surface area contributed by atoms with Crippen LogP contribution in [0.5, 0.6) is 5.75 Å². The Labute approximate surface area is 234 Å². The van der Waals surface area contributed by atoms with E-state index in [1.165, 1.54) is 0 Å². The van der Waals surface area contributed by atoms with Crippen molar-refractivity contribution in [1.82, 2.24) is 9.30 Å². The van der Waals surface area contributed by atoms with Crippen LogP contribution in [0.1, 0.15) is 65.4 Å². The number of aromatic nitrogens is 1. The molecule has 0 aliphatic carbocycles. The lowest BCUT2D eigenvalue weighted by molar-refractivity contribution is -0.137. The third-order valence-electron chi connectivity index (χ3n) is 5.92. The molecule has 38 heavy (non-hydrogen) atoms. The predicted octanol–water partition coefficient (Wildman–Crippen LogP) is 6.52. The molecule has 0 radical (unpaired) electrons. The van der Waals surface area contributed by atoms with Crippen molar-refractivity contribution in [3.63, 3.8) is 0 Å². The standard InChI is InChI=1S/C25H34N2O3S.C4H8O2.ClH/c1-4-15-26(16-5-2)17-9-19-30-22-11-13-23(14-12-22)31(28,29)25-21(6-3)20-27-18-8-7-10-24(25)27;1-2-3-4(5)6;/h7-8,10-14,18,20H,4-6,9,15-17,19H2,1-3H3;2-3H2,1H3,(H,5,6);1H. The van der Waals surface area contributed by atoms with E-state index < -0.39 is 15.8 Å². The topological polar surface area (TPSA) is 88.3 Å². The molecule has 1 N–H and O–H groups in total. The van der Waals surface area contributed by atoms with Crippen LogP contribution in [0.4, 0.5) is 0 Å². The van der Waals surface area contributed by atoms with Gasteiger partial charge in [-0.1, -0.05) is 33.8 Å². The van der Waals surface area contributed by atoms with Crippen molar-refractivity contribution in [3.8, 4) is 5.75 Å². The smallest absolute Gasteiger partial charge is 0.303 e. The van der Waals surface area contributed by atoms with E-state index >= 15 is 0 Å². The first-order valence-corrected chi connectivity index (χ1v) is 14.8.